The number of carbonyl (C=O) groups excluding carboxylic acids is 2. The Morgan fingerprint density at radius 1 is 0.800 bits per heavy atom. The molecule has 2 heterocycles. The fraction of sp³-hybridized carbons (Fsp3) is 0.484. The second kappa shape index (κ2) is 14.2. The average molecular weight is 651 g/mol. The number of hydrogen-bond donors (Lipinski definition) is 2. The van der Waals surface area contributed by atoms with Crippen LogP contribution in [0.5, 0.6) is 23.0 Å². The SMILES string of the molecule is COc1cc2c(cc1OCCCOc1c(F)c3c(c(Cl)c1OC)CN(C(=O)CC(C)C(=O)O)C3)CN(C(=O)CC(C)C(=O)O)C2. The molecule has 0 fully saturated rings. The molecule has 0 aromatic heterocycles. The highest BCUT2D eigenvalue weighted by Gasteiger charge is 2.34. The Morgan fingerprint density at radius 2 is 1.31 bits per heavy atom. The van der Waals surface area contributed by atoms with E-state index in [0.29, 0.717) is 36.6 Å². The van der Waals surface area contributed by atoms with Gasteiger partial charge in [0.1, 0.15) is 0 Å². The van der Waals surface area contributed by atoms with Crippen molar-refractivity contribution in [3.05, 3.63) is 45.2 Å². The van der Waals surface area contributed by atoms with E-state index in [4.69, 9.17) is 40.8 Å². The van der Waals surface area contributed by atoms with Gasteiger partial charge in [-0.1, -0.05) is 25.4 Å². The van der Waals surface area contributed by atoms with Crippen LogP contribution in [0.2, 0.25) is 5.02 Å². The van der Waals surface area contributed by atoms with E-state index in [1.54, 1.807) is 17.0 Å². The van der Waals surface area contributed by atoms with E-state index in [9.17, 15) is 19.2 Å². The summed E-state index contributed by atoms with van der Waals surface area (Å²) in [4.78, 5) is 50.5. The number of nitrogens with zero attached hydrogens (tertiary/aromatic N) is 2. The summed E-state index contributed by atoms with van der Waals surface area (Å²) < 4.78 is 38.1. The highest BCUT2D eigenvalue weighted by atomic mass is 35.5. The average Bonchev–Trinajstić information content (AvgIpc) is 3.64. The molecule has 0 saturated heterocycles. The van der Waals surface area contributed by atoms with Gasteiger partial charge in [-0.3, -0.25) is 19.2 Å². The Kier molecular flexibility index (Phi) is 10.6. The highest BCUT2D eigenvalue weighted by Crippen LogP contribution is 2.46. The first-order valence-corrected chi connectivity index (χ1v) is 14.8. The number of halogens is 2. The third-order valence-electron chi connectivity index (χ3n) is 7.91. The fourth-order valence-electron chi connectivity index (χ4n) is 5.22. The van der Waals surface area contributed by atoms with Gasteiger partial charge in [0.25, 0.3) is 0 Å². The number of benzene rings is 2. The molecule has 0 saturated carbocycles. The number of carbonyl (C=O) groups is 4. The molecule has 0 bridgehead atoms. The van der Waals surface area contributed by atoms with Crippen molar-refractivity contribution in [2.24, 2.45) is 11.8 Å². The molecule has 45 heavy (non-hydrogen) atoms. The van der Waals surface area contributed by atoms with Crippen molar-refractivity contribution in [2.45, 2.75) is 59.3 Å². The summed E-state index contributed by atoms with van der Waals surface area (Å²) in [6, 6.07) is 3.58. The number of rotatable bonds is 14. The monoisotopic (exact) mass is 650 g/mol. The van der Waals surface area contributed by atoms with Crippen molar-refractivity contribution in [3.63, 3.8) is 0 Å². The Labute approximate surface area is 264 Å². The lowest BCUT2D eigenvalue weighted by molar-refractivity contribution is -0.145. The summed E-state index contributed by atoms with van der Waals surface area (Å²) in [5.74, 6) is -4.42. The summed E-state index contributed by atoms with van der Waals surface area (Å²) in [7, 11) is 2.83. The van der Waals surface area contributed by atoms with E-state index in [-0.39, 0.29) is 67.1 Å². The highest BCUT2D eigenvalue weighted by molar-refractivity contribution is 6.33. The molecular weight excluding hydrogens is 615 g/mol. The van der Waals surface area contributed by atoms with E-state index in [1.165, 1.54) is 33.0 Å². The first-order chi connectivity index (χ1) is 21.4. The van der Waals surface area contributed by atoms with Gasteiger partial charge in [0, 0.05) is 56.6 Å². The summed E-state index contributed by atoms with van der Waals surface area (Å²) in [6.07, 6.45) is 0.0283. The number of amides is 2. The summed E-state index contributed by atoms with van der Waals surface area (Å²) >= 11 is 6.53. The Bertz CT molecular complexity index is 1500. The van der Waals surface area contributed by atoms with E-state index >= 15 is 4.39 Å². The normalized spacial score (nSPS) is 14.8. The van der Waals surface area contributed by atoms with Crippen LogP contribution in [0.4, 0.5) is 4.39 Å². The maximum atomic E-state index is 15.6. The summed E-state index contributed by atoms with van der Waals surface area (Å²) in [6.45, 7) is 3.76. The zero-order valence-corrected chi connectivity index (χ0v) is 26.2. The van der Waals surface area contributed by atoms with Crippen molar-refractivity contribution >= 4 is 35.4 Å². The standard InChI is InChI=1S/C31H36ClFN2O10/c1-16(30(38)39)8-24(36)34-12-18-10-22(42-3)23(11-19(18)13-34)44-6-5-7-45-29-27(33)21-15-35(25(37)9-17(2)31(40)41)14-20(21)26(32)28(29)43-4/h10-11,16-17H,5-9,12-15H2,1-4H3,(H,38,39)(H,40,41). The smallest absolute Gasteiger partial charge is 0.306 e. The van der Waals surface area contributed by atoms with Crippen molar-refractivity contribution in [1.82, 2.24) is 9.80 Å². The molecule has 0 spiro atoms. The molecule has 2 aromatic carbocycles. The van der Waals surface area contributed by atoms with Crippen LogP contribution in [0.3, 0.4) is 0 Å². The minimum Gasteiger partial charge on any atom is -0.493 e. The molecule has 4 rings (SSSR count). The van der Waals surface area contributed by atoms with Crippen molar-refractivity contribution in [3.8, 4) is 23.0 Å². The minimum absolute atomic E-state index is 0.000760. The number of methoxy groups -OCH3 is 2. The zero-order valence-electron chi connectivity index (χ0n) is 25.5. The fourth-order valence-corrected chi connectivity index (χ4v) is 5.56. The molecule has 0 aliphatic carbocycles. The predicted octanol–water partition coefficient (Wildman–Crippen LogP) is 4.25. The van der Waals surface area contributed by atoms with E-state index < -0.39 is 35.5 Å². The Morgan fingerprint density at radius 3 is 1.84 bits per heavy atom. The van der Waals surface area contributed by atoms with Gasteiger partial charge in [-0.2, -0.15) is 0 Å². The molecule has 2 aromatic rings. The topological polar surface area (TPSA) is 152 Å². The Hall–Kier alpha value is -4.26. The lowest BCUT2D eigenvalue weighted by Crippen LogP contribution is -2.28. The number of fused-ring (bicyclic) bond motifs is 2. The molecular formula is C31H36ClFN2O10. The van der Waals surface area contributed by atoms with Gasteiger partial charge in [0.05, 0.1) is 44.3 Å². The third-order valence-corrected chi connectivity index (χ3v) is 8.31. The first kappa shape index (κ1) is 33.6. The van der Waals surface area contributed by atoms with Gasteiger partial charge in [0.15, 0.2) is 28.8 Å². The van der Waals surface area contributed by atoms with Gasteiger partial charge in [-0.25, -0.2) is 4.39 Å². The van der Waals surface area contributed by atoms with Crippen LogP contribution in [0.1, 0.15) is 55.4 Å². The summed E-state index contributed by atoms with van der Waals surface area (Å²) in [5, 5.41) is 18.4. The van der Waals surface area contributed by atoms with Crippen LogP contribution in [0.15, 0.2) is 12.1 Å². The van der Waals surface area contributed by atoms with Crippen molar-refractivity contribution in [2.75, 3.05) is 27.4 Å². The van der Waals surface area contributed by atoms with Gasteiger partial charge in [-0.15, -0.1) is 0 Å². The number of ether oxygens (including phenoxy) is 4. The molecule has 0 radical (unpaired) electrons. The summed E-state index contributed by atoms with van der Waals surface area (Å²) in [5.41, 5.74) is 2.32. The number of hydrogen-bond acceptors (Lipinski definition) is 8. The van der Waals surface area contributed by atoms with E-state index in [1.807, 2.05) is 0 Å². The van der Waals surface area contributed by atoms with Crippen LogP contribution in [-0.2, 0) is 45.4 Å². The molecule has 14 heteroatoms. The van der Waals surface area contributed by atoms with Crippen LogP contribution in [0.25, 0.3) is 0 Å². The quantitative estimate of drug-likeness (QED) is 0.284. The van der Waals surface area contributed by atoms with Crippen LogP contribution >= 0.6 is 11.6 Å². The van der Waals surface area contributed by atoms with Crippen LogP contribution in [-0.4, -0.2) is 71.2 Å². The van der Waals surface area contributed by atoms with Gasteiger partial charge < -0.3 is 39.0 Å². The maximum absolute atomic E-state index is 15.6. The molecule has 2 unspecified atom stereocenters. The maximum Gasteiger partial charge on any atom is 0.306 e. The van der Waals surface area contributed by atoms with Gasteiger partial charge in [0.2, 0.25) is 11.8 Å². The van der Waals surface area contributed by atoms with E-state index in [0.717, 1.165) is 11.1 Å². The molecule has 2 aliphatic rings. The van der Waals surface area contributed by atoms with Gasteiger partial charge in [-0.05, 0) is 23.3 Å². The minimum atomic E-state index is -1.09. The van der Waals surface area contributed by atoms with E-state index in [2.05, 4.69) is 0 Å². The molecule has 2 N–H and O–H groups in total. The van der Waals surface area contributed by atoms with Crippen LogP contribution in [0, 0.1) is 17.7 Å². The molecule has 2 atom stereocenters. The van der Waals surface area contributed by atoms with Crippen LogP contribution < -0.4 is 18.9 Å². The Balaban J connectivity index is 1.36. The lowest BCUT2D eigenvalue weighted by Gasteiger charge is -2.16. The zero-order chi connectivity index (χ0) is 33.0. The molecule has 2 aliphatic heterocycles. The second-order valence-electron chi connectivity index (χ2n) is 11.2. The number of aliphatic carboxylic acids is 2. The van der Waals surface area contributed by atoms with Crippen molar-refractivity contribution in [1.29, 1.82) is 0 Å². The third kappa shape index (κ3) is 7.35. The van der Waals surface area contributed by atoms with Gasteiger partial charge >= 0.3 is 11.9 Å². The molecule has 244 valence electrons. The largest absolute Gasteiger partial charge is 0.493 e. The number of carboxylic acids is 2. The van der Waals surface area contributed by atoms with Crippen molar-refractivity contribution < 1.29 is 52.7 Å². The number of carboxylic acid groups (broad SMARTS) is 2. The molecule has 12 nitrogen and oxygen atoms in total. The molecule has 2 amide bonds. The second-order valence-corrected chi connectivity index (χ2v) is 11.5. The first-order valence-electron chi connectivity index (χ1n) is 14.4. The predicted molar refractivity (Wildman–Crippen MR) is 158 cm³/mol. The lowest BCUT2D eigenvalue weighted by atomic mass is 10.1.